The number of amides is 2. The van der Waals surface area contributed by atoms with Gasteiger partial charge in [-0.15, -0.1) is 0 Å². The quantitative estimate of drug-likeness (QED) is 0.777. The molecular formula is C14H16ClN3O3. The van der Waals surface area contributed by atoms with E-state index in [4.69, 9.17) is 16.3 Å². The second-order valence-electron chi connectivity index (χ2n) is 5.16. The number of nitrogens with one attached hydrogen (secondary N) is 3. The fraction of sp³-hybridized carbons (Fsp3) is 0.429. The maximum Gasteiger partial charge on any atom is 0.262 e. The lowest BCUT2D eigenvalue weighted by Crippen LogP contribution is -2.43. The van der Waals surface area contributed by atoms with E-state index in [1.807, 2.05) is 0 Å². The molecule has 1 fully saturated rings. The van der Waals surface area contributed by atoms with Crippen molar-refractivity contribution in [3.8, 4) is 5.75 Å². The van der Waals surface area contributed by atoms with Crippen molar-refractivity contribution in [2.45, 2.75) is 25.3 Å². The van der Waals surface area contributed by atoms with E-state index in [0.717, 1.165) is 25.8 Å². The Morgan fingerprint density at radius 2 is 2.24 bits per heavy atom. The standard InChI is InChI=1S/C14H16ClN3O3/c15-8-5-11-12(21-7-13(19)17-11)6-10(8)18-14(20)9-3-1-2-4-16-9/h5-6,9,16H,1-4,7H2,(H,17,19)(H,18,20)/t9-/m1/s1. The Balaban J connectivity index is 1.76. The van der Waals surface area contributed by atoms with E-state index in [1.165, 1.54) is 0 Å². The summed E-state index contributed by atoms with van der Waals surface area (Å²) in [6.45, 7) is 0.817. The van der Waals surface area contributed by atoms with E-state index in [0.29, 0.717) is 22.1 Å². The minimum atomic E-state index is -0.221. The zero-order valence-corrected chi connectivity index (χ0v) is 12.1. The third-order valence-corrected chi connectivity index (χ3v) is 3.90. The summed E-state index contributed by atoms with van der Waals surface area (Å²) >= 11 is 6.15. The molecule has 0 saturated carbocycles. The number of carbonyl (C=O) groups is 2. The van der Waals surface area contributed by atoms with E-state index in [2.05, 4.69) is 16.0 Å². The maximum atomic E-state index is 12.2. The van der Waals surface area contributed by atoms with Crippen molar-refractivity contribution in [3.63, 3.8) is 0 Å². The number of hydrogen-bond acceptors (Lipinski definition) is 4. The molecular weight excluding hydrogens is 294 g/mol. The van der Waals surface area contributed by atoms with Crippen molar-refractivity contribution in [2.75, 3.05) is 23.8 Å². The summed E-state index contributed by atoms with van der Waals surface area (Å²) in [5, 5.41) is 9.03. The first-order chi connectivity index (χ1) is 10.1. The van der Waals surface area contributed by atoms with Crippen LogP contribution in [0.3, 0.4) is 0 Å². The highest BCUT2D eigenvalue weighted by molar-refractivity contribution is 6.34. The highest BCUT2D eigenvalue weighted by Gasteiger charge is 2.23. The van der Waals surface area contributed by atoms with Gasteiger partial charge in [0.1, 0.15) is 5.75 Å². The van der Waals surface area contributed by atoms with Gasteiger partial charge in [0, 0.05) is 6.07 Å². The Morgan fingerprint density at radius 1 is 1.38 bits per heavy atom. The van der Waals surface area contributed by atoms with Crippen molar-refractivity contribution in [2.24, 2.45) is 0 Å². The third-order valence-electron chi connectivity index (χ3n) is 3.59. The summed E-state index contributed by atoms with van der Waals surface area (Å²) in [7, 11) is 0. The van der Waals surface area contributed by atoms with Crippen LogP contribution >= 0.6 is 11.6 Å². The smallest absolute Gasteiger partial charge is 0.262 e. The Hall–Kier alpha value is -1.79. The number of carbonyl (C=O) groups excluding carboxylic acids is 2. The summed E-state index contributed by atoms with van der Waals surface area (Å²) in [6, 6.07) is 3.03. The normalized spacial score (nSPS) is 21.0. The summed E-state index contributed by atoms with van der Waals surface area (Å²) in [4.78, 5) is 23.4. The first kappa shape index (κ1) is 14.2. The number of hydrogen-bond donors (Lipinski definition) is 3. The minimum Gasteiger partial charge on any atom is -0.482 e. The van der Waals surface area contributed by atoms with Crippen molar-refractivity contribution >= 4 is 34.8 Å². The molecule has 6 nitrogen and oxygen atoms in total. The van der Waals surface area contributed by atoms with Crippen molar-refractivity contribution in [1.29, 1.82) is 0 Å². The molecule has 21 heavy (non-hydrogen) atoms. The monoisotopic (exact) mass is 309 g/mol. The van der Waals surface area contributed by atoms with Gasteiger partial charge in [-0.2, -0.15) is 0 Å². The SMILES string of the molecule is O=C1COc2cc(NC(=O)[C@H]3CCCCN3)c(Cl)cc2N1. The lowest BCUT2D eigenvalue weighted by atomic mass is 10.0. The van der Waals surface area contributed by atoms with Crippen LogP contribution in [0.1, 0.15) is 19.3 Å². The van der Waals surface area contributed by atoms with Gasteiger partial charge < -0.3 is 20.7 Å². The molecule has 1 aromatic carbocycles. The molecule has 0 aliphatic carbocycles. The fourth-order valence-corrected chi connectivity index (χ4v) is 2.70. The molecule has 1 aromatic rings. The van der Waals surface area contributed by atoms with Crippen LogP contribution < -0.4 is 20.7 Å². The van der Waals surface area contributed by atoms with E-state index >= 15 is 0 Å². The van der Waals surface area contributed by atoms with Crippen molar-refractivity contribution < 1.29 is 14.3 Å². The number of halogens is 1. The van der Waals surface area contributed by atoms with E-state index in [9.17, 15) is 9.59 Å². The van der Waals surface area contributed by atoms with Gasteiger partial charge in [0.15, 0.2) is 6.61 Å². The second-order valence-corrected chi connectivity index (χ2v) is 5.56. The molecule has 0 bridgehead atoms. The van der Waals surface area contributed by atoms with Gasteiger partial charge in [0.2, 0.25) is 5.91 Å². The van der Waals surface area contributed by atoms with Crippen LogP contribution in [0.4, 0.5) is 11.4 Å². The average Bonchev–Trinajstić information content (AvgIpc) is 2.49. The molecule has 2 aliphatic rings. The molecule has 0 radical (unpaired) electrons. The Labute approximate surface area is 127 Å². The van der Waals surface area contributed by atoms with Gasteiger partial charge in [-0.05, 0) is 25.5 Å². The molecule has 2 heterocycles. The van der Waals surface area contributed by atoms with E-state index in [1.54, 1.807) is 12.1 Å². The summed E-state index contributed by atoms with van der Waals surface area (Å²) in [6.07, 6.45) is 2.95. The van der Waals surface area contributed by atoms with Crippen LogP contribution in [0.25, 0.3) is 0 Å². The molecule has 2 amide bonds. The Morgan fingerprint density at radius 3 is 3.00 bits per heavy atom. The predicted molar refractivity (Wildman–Crippen MR) is 79.8 cm³/mol. The lowest BCUT2D eigenvalue weighted by Gasteiger charge is -2.24. The lowest BCUT2D eigenvalue weighted by molar-refractivity contribution is -0.119. The molecule has 0 unspecified atom stereocenters. The molecule has 3 N–H and O–H groups in total. The highest BCUT2D eigenvalue weighted by atomic mass is 35.5. The number of rotatable bonds is 2. The number of benzene rings is 1. The zero-order chi connectivity index (χ0) is 14.8. The van der Waals surface area contributed by atoms with Crippen LogP contribution in [0.5, 0.6) is 5.75 Å². The van der Waals surface area contributed by atoms with E-state index < -0.39 is 0 Å². The maximum absolute atomic E-state index is 12.2. The molecule has 0 spiro atoms. The van der Waals surface area contributed by atoms with Gasteiger partial charge in [0.05, 0.1) is 22.4 Å². The van der Waals surface area contributed by atoms with E-state index in [-0.39, 0.29) is 24.5 Å². The van der Waals surface area contributed by atoms with Gasteiger partial charge in [-0.3, -0.25) is 9.59 Å². The molecule has 7 heteroatoms. The Kier molecular flexibility index (Phi) is 3.98. The van der Waals surface area contributed by atoms with Gasteiger partial charge in [-0.1, -0.05) is 18.0 Å². The van der Waals surface area contributed by atoms with Gasteiger partial charge in [0.25, 0.3) is 5.91 Å². The third kappa shape index (κ3) is 3.11. The van der Waals surface area contributed by atoms with Crippen LogP contribution in [-0.4, -0.2) is 31.0 Å². The highest BCUT2D eigenvalue weighted by Crippen LogP contribution is 2.36. The van der Waals surface area contributed by atoms with Crippen molar-refractivity contribution in [1.82, 2.24) is 5.32 Å². The first-order valence-electron chi connectivity index (χ1n) is 6.94. The summed E-state index contributed by atoms with van der Waals surface area (Å²) in [5.74, 6) is 0.184. The zero-order valence-electron chi connectivity index (χ0n) is 11.4. The van der Waals surface area contributed by atoms with Crippen LogP contribution in [0.2, 0.25) is 5.02 Å². The average molecular weight is 310 g/mol. The van der Waals surface area contributed by atoms with Crippen LogP contribution in [-0.2, 0) is 9.59 Å². The van der Waals surface area contributed by atoms with Crippen molar-refractivity contribution in [3.05, 3.63) is 17.2 Å². The molecule has 2 aliphatic heterocycles. The number of fused-ring (bicyclic) bond motifs is 1. The second kappa shape index (κ2) is 5.91. The largest absolute Gasteiger partial charge is 0.482 e. The predicted octanol–water partition coefficient (Wildman–Crippen LogP) is 1.75. The molecule has 1 saturated heterocycles. The first-order valence-corrected chi connectivity index (χ1v) is 7.32. The topological polar surface area (TPSA) is 79.5 Å². The Bertz CT molecular complexity index is 585. The summed E-state index contributed by atoms with van der Waals surface area (Å²) < 4.78 is 5.32. The van der Waals surface area contributed by atoms with Gasteiger partial charge in [-0.25, -0.2) is 0 Å². The number of ether oxygens (including phenoxy) is 1. The molecule has 112 valence electrons. The summed E-state index contributed by atoms with van der Waals surface area (Å²) in [5.41, 5.74) is 1.01. The van der Waals surface area contributed by atoms with Gasteiger partial charge >= 0.3 is 0 Å². The molecule has 3 rings (SSSR count). The van der Waals surface area contributed by atoms with Crippen LogP contribution in [0.15, 0.2) is 12.1 Å². The van der Waals surface area contributed by atoms with Crippen LogP contribution in [0, 0.1) is 0 Å². The molecule has 1 atom stereocenters. The minimum absolute atomic E-state index is 0.0355. The number of anilines is 2. The fourth-order valence-electron chi connectivity index (χ4n) is 2.49. The molecule has 0 aromatic heterocycles. The number of piperidine rings is 1.